The van der Waals surface area contributed by atoms with Crippen molar-refractivity contribution in [2.24, 2.45) is 5.92 Å². The SMILES string of the molecule is Cl.Cl.O=C(C1CCNCC1)N1CCNCC1. The predicted molar refractivity (Wildman–Crippen MR) is 69.5 cm³/mol. The van der Waals surface area contributed by atoms with Gasteiger partial charge in [-0.3, -0.25) is 4.79 Å². The molecule has 0 atom stereocenters. The van der Waals surface area contributed by atoms with Crippen molar-refractivity contribution in [1.29, 1.82) is 0 Å². The normalized spacial score (nSPS) is 21.9. The number of nitrogens with zero attached hydrogens (tertiary/aromatic N) is 1. The Morgan fingerprint density at radius 3 is 2.00 bits per heavy atom. The third kappa shape index (κ3) is 4.09. The fourth-order valence-electron chi connectivity index (χ4n) is 2.21. The largest absolute Gasteiger partial charge is 0.340 e. The molecule has 2 N–H and O–H groups in total. The van der Waals surface area contributed by atoms with Gasteiger partial charge in [-0.25, -0.2) is 0 Å². The Balaban J connectivity index is 0.00000112. The highest BCUT2D eigenvalue weighted by Gasteiger charge is 2.26. The molecule has 2 fully saturated rings. The molecular formula is C10H21Cl2N3O. The highest BCUT2D eigenvalue weighted by atomic mass is 35.5. The molecule has 0 unspecified atom stereocenters. The first-order chi connectivity index (χ1) is 6.88. The third-order valence-corrected chi connectivity index (χ3v) is 3.12. The van der Waals surface area contributed by atoms with Gasteiger partial charge in [-0.05, 0) is 25.9 Å². The van der Waals surface area contributed by atoms with E-state index in [2.05, 4.69) is 10.6 Å². The summed E-state index contributed by atoms with van der Waals surface area (Å²) in [5.41, 5.74) is 0. The van der Waals surface area contributed by atoms with E-state index in [4.69, 9.17) is 0 Å². The zero-order valence-electron chi connectivity index (χ0n) is 9.41. The van der Waals surface area contributed by atoms with E-state index in [0.717, 1.165) is 52.1 Å². The van der Waals surface area contributed by atoms with Crippen LogP contribution in [0.15, 0.2) is 0 Å². The van der Waals surface area contributed by atoms with E-state index in [0.29, 0.717) is 5.91 Å². The number of hydrogen-bond donors (Lipinski definition) is 2. The van der Waals surface area contributed by atoms with Crippen molar-refractivity contribution < 1.29 is 4.79 Å². The van der Waals surface area contributed by atoms with Crippen molar-refractivity contribution in [2.45, 2.75) is 12.8 Å². The van der Waals surface area contributed by atoms with Gasteiger partial charge in [0.25, 0.3) is 0 Å². The average molecular weight is 270 g/mol. The van der Waals surface area contributed by atoms with Gasteiger partial charge in [0, 0.05) is 32.1 Å². The van der Waals surface area contributed by atoms with Gasteiger partial charge in [0.1, 0.15) is 0 Å². The van der Waals surface area contributed by atoms with Crippen LogP contribution >= 0.6 is 24.8 Å². The van der Waals surface area contributed by atoms with Gasteiger partial charge >= 0.3 is 0 Å². The van der Waals surface area contributed by atoms with Gasteiger partial charge in [0.15, 0.2) is 0 Å². The maximum Gasteiger partial charge on any atom is 0.225 e. The van der Waals surface area contributed by atoms with Crippen LogP contribution in [0.2, 0.25) is 0 Å². The molecule has 0 aromatic rings. The minimum atomic E-state index is 0. The second kappa shape index (κ2) is 8.12. The third-order valence-electron chi connectivity index (χ3n) is 3.12. The Bertz CT molecular complexity index is 184. The molecule has 2 saturated heterocycles. The number of amides is 1. The van der Waals surface area contributed by atoms with Crippen LogP contribution in [0.4, 0.5) is 0 Å². The van der Waals surface area contributed by atoms with Gasteiger partial charge in [0.2, 0.25) is 5.91 Å². The van der Waals surface area contributed by atoms with Crippen LogP contribution in [-0.2, 0) is 4.79 Å². The van der Waals surface area contributed by atoms with E-state index in [-0.39, 0.29) is 30.7 Å². The van der Waals surface area contributed by atoms with E-state index in [1.807, 2.05) is 4.90 Å². The number of halogens is 2. The number of carbonyl (C=O) groups is 1. The van der Waals surface area contributed by atoms with Gasteiger partial charge in [-0.15, -0.1) is 24.8 Å². The number of nitrogens with one attached hydrogen (secondary N) is 2. The highest BCUT2D eigenvalue weighted by molar-refractivity contribution is 5.85. The standard InChI is InChI=1S/C10H19N3O.2ClH/c14-10(9-1-3-11-4-2-9)13-7-5-12-6-8-13;;/h9,11-12H,1-8H2;2*1H. The monoisotopic (exact) mass is 269 g/mol. The van der Waals surface area contributed by atoms with Crippen molar-refractivity contribution in [1.82, 2.24) is 15.5 Å². The summed E-state index contributed by atoms with van der Waals surface area (Å²) in [5.74, 6) is 0.669. The maximum absolute atomic E-state index is 12.0. The van der Waals surface area contributed by atoms with Crippen LogP contribution in [0.1, 0.15) is 12.8 Å². The topological polar surface area (TPSA) is 44.4 Å². The molecule has 0 saturated carbocycles. The first-order valence-electron chi connectivity index (χ1n) is 5.58. The second-order valence-electron chi connectivity index (χ2n) is 4.10. The van der Waals surface area contributed by atoms with E-state index < -0.39 is 0 Å². The Kier molecular flexibility index (Phi) is 8.10. The summed E-state index contributed by atoms with van der Waals surface area (Å²) in [4.78, 5) is 14.0. The molecule has 1 amide bonds. The molecular weight excluding hydrogens is 249 g/mol. The zero-order chi connectivity index (χ0) is 9.80. The van der Waals surface area contributed by atoms with Crippen LogP contribution in [-0.4, -0.2) is 50.1 Å². The Labute approximate surface area is 109 Å². The Hall–Kier alpha value is -0.0300. The summed E-state index contributed by atoms with van der Waals surface area (Å²) in [6.07, 6.45) is 2.03. The molecule has 0 spiro atoms. The Morgan fingerprint density at radius 2 is 1.44 bits per heavy atom. The van der Waals surface area contributed by atoms with Crippen molar-refractivity contribution in [3.8, 4) is 0 Å². The molecule has 96 valence electrons. The molecule has 0 aliphatic carbocycles. The van der Waals surface area contributed by atoms with Crippen molar-refractivity contribution in [3.05, 3.63) is 0 Å². The van der Waals surface area contributed by atoms with Crippen LogP contribution in [0.25, 0.3) is 0 Å². The van der Waals surface area contributed by atoms with E-state index in [1.165, 1.54) is 0 Å². The zero-order valence-corrected chi connectivity index (χ0v) is 11.0. The first-order valence-corrected chi connectivity index (χ1v) is 5.58. The number of piperazine rings is 1. The molecule has 2 heterocycles. The summed E-state index contributed by atoms with van der Waals surface area (Å²) in [6, 6.07) is 0. The molecule has 4 nitrogen and oxygen atoms in total. The highest BCUT2D eigenvalue weighted by Crippen LogP contribution is 2.15. The second-order valence-corrected chi connectivity index (χ2v) is 4.10. The number of hydrogen-bond acceptors (Lipinski definition) is 3. The minimum absolute atomic E-state index is 0. The number of piperidine rings is 1. The molecule has 0 radical (unpaired) electrons. The fourth-order valence-corrected chi connectivity index (χ4v) is 2.21. The maximum atomic E-state index is 12.0. The quantitative estimate of drug-likeness (QED) is 0.718. The number of rotatable bonds is 1. The van der Waals surface area contributed by atoms with Crippen molar-refractivity contribution in [2.75, 3.05) is 39.3 Å². The van der Waals surface area contributed by atoms with Gasteiger partial charge < -0.3 is 15.5 Å². The lowest BCUT2D eigenvalue weighted by molar-refractivity contribution is -0.136. The summed E-state index contributed by atoms with van der Waals surface area (Å²) in [6.45, 7) is 5.70. The van der Waals surface area contributed by atoms with Crippen LogP contribution in [0.3, 0.4) is 0 Å². The molecule has 6 heteroatoms. The minimum Gasteiger partial charge on any atom is -0.340 e. The molecule has 16 heavy (non-hydrogen) atoms. The lowest BCUT2D eigenvalue weighted by Gasteiger charge is -2.32. The summed E-state index contributed by atoms with van der Waals surface area (Å²) in [5, 5.41) is 6.56. The van der Waals surface area contributed by atoms with Crippen LogP contribution in [0, 0.1) is 5.92 Å². The smallest absolute Gasteiger partial charge is 0.225 e. The van der Waals surface area contributed by atoms with E-state index in [1.54, 1.807) is 0 Å². The predicted octanol–water partition coefficient (Wildman–Crippen LogP) is 0.261. The van der Waals surface area contributed by atoms with E-state index in [9.17, 15) is 4.79 Å². The van der Waals surface area contributed by atoms with Crippen LogP contribution in [0.5, 0.6) is 0 Å². The first kappa shape index (κ1) is 16.0. The average Bonchev–Trinajstić information content (AvgIpc) is 2.30. The summed E-state index contributed by atoms with van der Waals surface area (Å²) < 4.78 is 0. The number of carbonyl (C=O) groups excluding carboxylic acids is 1. The lowest BCUT2D eigenvalue weighted by Crippen LogP contribution is -2.49. The Morgan fingerprint density at radius 1 is 0.938 bits per heavy atom. The van der Waals surface area contributed by atoms with Crippen LogP contribution < -0.4 is 10.6 Å². The molecule has 2 rings (SSSR count). The van der Waals surface area contributed by atoms with Gasteiger partial charge in [-0.1, -0.05) is 0 Å². The van der Waals surface area contributed by atoms with Gasteiger partial charge in [0.05, 0.1) is 0 Å². The van der Waals surface area contributed by atoms with Crippen molar-refractivity contribution in [3.63, 3.8) is 0 Å². The van der Waals surface area contributed by atoms with Crippen molar-refractivity contribution >= 4 is 30.7 Å². The molecule has 0 aromatic heterocycles. The molecule has 0 bridgehead atoms. The summed E-state index contributed by atoms with van der Waals surface area (Å²) >= 11 is 0. The molecule has 0 aromatic carbocycles. The lowest BCUT2D eigenvalue weighted by atomic mass is 9.96. The molecule has 2 aliphatic heterocycles. The summed E-state index contributed by atoms with van der Waals surface area (Å²) in [7, 11) is 0. The van der Waals surface area contributed by atoms with Gasteiger partial charge in [-0.2, -0.15) is 0 Å². The fraction of sp³-hybridized carbons (Fsp3) is 0.900. The van der Waals surface area contributed by atoms with E-state index >= 15 is 0 Å². The molecule has 2 aliphatic rings.